The molecule has 0 radical (unpaired) electrons. The normalized spacial score (nSPS) is 18.9. The summed E-state index contributed by atoms with van der Waals surface area (Å²) in [6.45, 7) is 0. The molecule has 1 nitrogen and oxygen atoms in total. The van der Waals surface area contributed by atoms with E-state index >= 15 is 0 Å². The summed E-state index contributed by atoms with van der Waals surface area (Å²) in [7, 11) is -1.15. The minimum Gasteiger partial charge on any atom is -0.254 e. The Morgan fingerprint density at radius 2 is 2.07 bits per heavy atom. The molecule has 1 fully saturated rings. The lowest BCUT2D eigenvalue weighted by Crippen LogP contribution is -2.19. The van der Waals surface area contributed by atoms with Gasteiger partial charge in [-0.2, -0.15) is 0 Å². The van der Waals surface area contributed by atoms with Crippen molar-refractivity contribution in [3.8, 4) is 0 Å². The molecule has 1 aliphatic rings. The predicted octanol–water partition coefficient (Wildman–Crippen LogP) is 2.73. The standard InChI is InChI=1S/C11H13FOS/c12-10-6-1-2-7-11(10)14(13)8-9-4-3-5-9/h1-2,6-7,9H,3-5,8H2. The summed E-state index contributed by atoms with van der Waals surface area (Å²) in [6, 6.07) is 6.34. The van der Waals surface area contributed by atoms with Crippen molar-refractivity contribution in [3.63, 3.8) is 0 Å². The highest BCUT2D eigenvalue weighted by Crippen LogP contribution is 2.28. The Labute approximate surface area is 85.8 Å². The van der Waals surface area contributed by atoms with Crippen LogP contribution in [0.1, 0.15) is 19.3 Å². The molecule has 76 valence electrons. The molecule has 0 bridgehead atoms. The van der Waals surface area contributed by atoms with E-state index in [1.807, 2.05) is 0 Å². The first-order chi connectivity index (χ1) is 6.77. The van der Waals surface area contributed by atoms with E-state index in [1.54, 1.807) is 18.2 Å². The summed E-state index contributed by atoms with van der Waals surface area (Å²) in [4.78, 5) is 0.361. The van der Waals surface area contributed by atoms with E-state index in [1.165, 1.54) is 12.5 Å². The van der Waals surface area contributed by atoms with Crippen LogP contribution in [0.15, 0.2) is 29.2 Å². The summed E-state index contributed by atoms with van der Waals surface area (Å²) in [5, 5.41) is 0. The molecule has 0 N–H and O–H groups in total. The van der Waals surface area contributed by atoms with Crippen molar-refractivity contribution in [2.24, 2.45) is 5.92 Å². The molecule has 0 heterocycles. The van der Waals surface area contributed by atoms with Gasteiger partial charge in [-0.1, -0.05) is 18.6 Å². The van der Waals surface area contributed by atoms with Crippen LogP contribution in [0.4, 0.5) is 4.39 Å². The van der Waals surface area contributed by atoms with Gasteiger partial charge in [-0.3, -0.25) is 4.21 Å². The summed E-state index contributed by atoms with van der Waals surface area (Å²) < 4.78 is 25.0. The van der Waals surface area contributed by atoms with Gasteiger partial charge in [0.2, 0.25) is 0 Å². The molecule has 1 saturated carbocycles. The molecule has 1 unspecified atom stereocenters. The summed E-state index contributed by atoms with van der Waals surface area (Å²) in [5.74, 6) is 0.835. The highest BCUT2D eigenvalue weighted by atomic mass is 32.2. The van der Waals surface area contributed by atoms with Crippen LogP contribution in [0.2, 0.25) is 0 Å². The van der Waals surface area contributed by atoms with Crippen LogP contribution in [-0.4, -0.2) is 9.96 Å². The number of benzene rings is 1. The molecule has 14 heavy (non-hydrogen) atoms. The number of halogens is 1. The van der Waals surface area contributed by atoms with Crippen LogP contribution in [0, 0.1) is 11.7 Å². The van der Waals surface area contributed by atoms with E-state index in [-0.39, 0.29) is 5.82 Å². The van der Waals surface area contributed by atoms with Crippen LogP contribution in [0.25, 0.3) is 0 Å². The highest BCUT2D eigenvalue weighted by molar-refractivity contribution is 7.85. The van der Waals surface area contributed by atoms with Gasteiger partial charge in [-0.05, 0) is 30.9 Å². The van der Waals surface area contributed by atoms with Crippen LogP contribution in [-0.2, 0) is 10.8 Å². The third kappa shape index (κ3) is 2.03. The largest absolute Gasteiger partial charge is 0.254 e. The highest BCUT2D eigenvalue weighted by Gasteiger charge is 2.21. The zero-order valence-electron chi connectivity index (χ0n) is 7.91. The van der Waals surface area contributed by atoms with Gasteiger partial charge in [0.1, 0.15) is 5.82 Å². The van der Waals surface area contributed by atoms with Crippen molar-refractivity contribution in [1.29, 1.82) is 0 Å². The van der Waals surface area contributed by atoms with E-state index < -0.39 is 10.8 Å². The Hall–Kier alpha value is -0.700. The van der Waals surface area contributed by atoms with Crippen LogP contribution >= 0.6 is 0 Å². The first-order valence-corrected chi connectivity index (χ1v) is 6.22. The van der Waals surface area contributed by atoms with E-state index in [4.69, 9.17) is 0 Å². The van der Waals surface area contributed by atoms with Gasteiger partial charge in [0, 0.05) is 5.75 Å². The molecule has 2 rings (SSSR count). The average molecular weight is 212 g/mol. The second-order valence-corrected chi connectivity index (χ2v) is 5.20. The third-order valence-corrected chi connectivity index (χ3v) is 4.29. The van der Waals surface area contributed by atoms with Crippen molar-refractivity contribution in [2.75, 3.05) is 5.75 Å². The number of hydrogen-bond donors (Lipinski definition) is 0. The second-order valence-electron chi connectivity index (χ2n) is 3.74. The van der Waals surface area contributed by atoms with Gasteiger partial charge in [0.25, 0.3) is 0 Å². The van der Waals surface area contributed by atoms with E-state index in [2.05, 4.69) is 0 Å². The molecule has 0 saturated heterocycles. The summed E-state index contributed by atoms with van der Waals surface area (Å²) >= 11 is 0. The maximum atomic E-state index is 13.2. The van der Waals surface area contributed by atoms with Gasteiger partial charge in [0.05, 0.1) is 15.7 Å². The Balaban J connectivity index is 2.06. The molecule has 0 aliphatic heterocycles. The van der Waals surface area contributed by atoms with E-state index in [0.717, 1.165) is 12.8 Å². The smallest absolute Gasteiger partial charge is 0.139 e. The molecule has 1 aromatic rings. The van der Waals surface area contributed by atoms with Gasteiger partial charge < -0.3 is 0 Å². The Bertz CT molecular complexity index is 347. The van der Waals surface area contributed by atoms with Crippen molar-refractivity contribution >= 4 is 10.8 Å². The summed E-state index contributed by atoms with van der Waals surface area (Å²) in [6.07, 6.45) is 3.54. The number of rotatable bonds is 3. The van der Waals surface area contributed by atoms with Gasteiger partial charge >= 0.3 is 0 Å². The van der Waals surface area contributed by atoms with Crippen molar-refractivity contribution in [1.82, 2.24) is 0 Å². The van der Waals surface area contributed by atoms with Crippen LogP contribution in [0.3, 0.4) is 0 Å². The Kier molecular flexibility index (Phi) is 2.96. The zero-order chi connectivity index (χ0) is 9.97. The van der Waals surface area contributed by atoms with Gasteiger partial charge in [-0.15, -0.1) is 0 Å². The second kappa shape index (κ2) is 4.22. The molecule has 3 heteroatoms. The summed E-state index contributed by atoms with van der Waals surface area (Å²) in [5.41, 5.74) is 0. The van der Waals surface area contributed by atoms with Crippen LogP contribution in [0.5, 0.6) is 0 Å². The fraction of sp³-hybridized carbons (Fsp3) is 0.455. The maximum absolute atomic E-state index is 13.2. The lowest BCUT2D eigenvalue weighted by molar-refractivity contribution is 0.350. The molecule has 1 aromatic carbocycles. The first-order valence-electron chi connectivity index (χ1n) is 4.90. The van der Waals surface area contributed by atoms with Crippen molar-refractivity contribution in [2.45, 2.75) is 24.2 Å². The molecule has 1 atom stereocenters. The number of hydrogen-bond acceptors (Lipinski definition) is 1. The molecule has 0 amide bonds. The van der Waals surface area contributed by atoms with Crippen LogP contribution < -0.4 is 0 Å². The predicted molar refractivity (Wildman–Crippen MR) is 55.0 cm³/mol. The lowest BCUT2D eigenvalue weighted by atomic mass is 9.87. The minimum absolute atomic E-state index is 0.342. The van der Waals surface area contributed by atoms with E-state index in [9.17, 15) is 8.60 Å². The Morgan fingerprint density at radius 1 is 1.36 bits per heavy atom. The fourth-order valence-corrected chi connectivity index (χ4v) is 3.05. The zero-order valence-corrected chi connectivity index (χ0v) is 8.73. The average Bonchev–Trinajstić information content (AvgIpc) is 2.12. The SMILES string of the molecule is O=S(CC1CCC1)c1ccccc1F. The van der Waals surface area contributed by atoms with Crippen molar-refractivity contribution in [3.05, 3.63) is 30.1 Å². The minimum atomic E-state index is -1.15. The molecule has 1 aliphatic carbocycles. The molecule has 0 aromatic heterocycles. The topological polar surface area (TPSA) is 17.1 Å². The Morgan fingerprint density at radius 3 is 2.64 bits per heavy atom. The maximum Gasteiger partial charge on any atom is 0.139 e. The van der Waals surface area contributed by atoms with Gasteiger partial charge in [-0.25, -0.2) is 4.39 Å². The third-order valence-electron chi connectivity index (χ3n) is 2.69. The van der Waals surface area contributed by atoms with Gasteiger partial charge in [0.15, 0.2) is 0 Å². The quantitative estimate of drug-likeness (QED) is 0.753. The molecular weight excluding hydrogens is 199 g/mol. The van der Waals surface area contributed by atoms with Crippen molar-refractivity contribution < 1.29 is 8.60 Å². The van der Waals surface area contributed by atoms with E-state index in [0.29, 0.717) is 16.6 Å². The monoisotopic (exact) mass is 212 g/mol. The molecule has 0 spiro atoms. The fourth-order valence-electron chi connectivity index (χ4n) is 1.59. The lowest BCUT2D eigenvalue weighted by Gasteiger charge is -2.24. The first kappa shape index (κ1) is 9.84. The molecular formula is C11H13FOS.